The van der Waals surface area contributed by atoms with E-state index in [0.29, 0.717) is 15.6 Å². The third kappa shape index (κ3) is 5.25. The summed E-state index contributed by atoms with van der Waals surface area (Å²) in [4.78, 5) is 12.5. The molecular formula is C21H18Cl2N4O4S. The molecule has 1 amide bonds. The van der Waals surface area contributed by atoms with Crippen LogP contribution in [-0.2, 0) is 10.0 Å². The maximum atomic E-state index is 12.7. The fraction of sp³-hybridized carbons (Fsp3) is 0.0952. The van der Waals surface area contributed by atoms with Crippen molar-refractivity contribution in [3.8, 4) is 11.5 Å². The Morgan fingerprint density at radius 1 is 1.06 bits per heavy atom. The van der Waals surface area contributed by atoms with Crippen LogP contribution in [0.25, 0.3) is 11.5 Å². The van der Waals surface area contributed by atoms with Gasteiger partial charge in [0.1, 0.15) is 0 Å². The zero-order chi connectivity index (χ0) is 23.3. The van der Waals surface area contributed by atoms with Crippen LogP contribution in [0, 0.1) is 0 Å². The predicted molar refractivity (Wildman–Crippen MR) is 123 cm³/mol. The summed E-state index contributed by atoms with van der Waals surface area (Å²) in [6, 6.07) is 10.1. The van der Waals surface area contributed by atoms with Gasteiger partial charge in [-0.15, -0.1) is 18.3 Å². The third-order valence-electron chi connectivity index (χ3n) is 4.22. The van der Waals surface area contributed by atoms with E-state index >= 15 is 0 Å². The second kappa shape index (κ2) is 10.1. The fourth-order valence-electron chi connectivity index (χ4n) is 2.70. The van der Waals surface area contributed by atoms with Gasteiger partial charge in [-0.2, -0.15) is 4.31 Å². The lowest BCUT2D eigenvalue weighted by Crippen LogP contribution is -2.31. The molecule has 3 aromatic rings. The Bertz CT molecular complexity index is 1250. The number of nitrogens with zero attached hydrogens (tertiary/aromatic N) is 3. The maximum Gasteiger partial charge on any atom is 0.322 e. The number of amides is 1. The molecule has 32 heavy (non-hydrogen) atoms. The molecule has 8 nitrogen and oxygen atoms in total. The number of rotatable bonds is 9. The summed E-state index contributed by atoms with van der Waals surface area (Å²) in [5, 5.41) is 10.9. The Labute approximate surface area is 195 Å². The Hall–Kier alpha value is -2.98. The van der Waals surface area contributed by atoms with E-state index in [4.69, 9.17) is 27.6 Å². The molecule has 0 unspecified atom stereocenters. The van der Waals surface area contributed by atoms with Crippen molar-refractivity contribution >= 4 is 45.1 Å². The summed E-state index contributed by atoms with van der Waals surface area (Å²) >= 11 is 12.1. The standard InChI is InChI=1S/C21H18Cl2N4O4S/c1-3-11-27(12-4-2)32(29,30)16-8-5-14(6-9-16)19(28)24-21-26-25-20(31-21)17-13-15(22)7-10-18(17)23/h3-10,13H,1-2,11-12H2,(H,24,26,28). The smallest absolute Gasteiger partial charge is 0.322 e. The monoisotopic (exact) mass is 492 g/mol. The molecule has 0 saturated carbocycles. The first kappa shape index (κ1) is 23.7. The number of halogens is 2. The van der Waals surface area contributed by atoms with Gasteiger partial charge in [0.05, 0.1) is 15.5 Å². The molecule has 3 rings (SSSR count). The van der Waals surface area contributed by atoms with Crippen molar-refractivity contribution in [1.82, 2.24) is 14.5 Å². The van der Waals surface area contributed by atoms with E-state index in [1.54, 1.807) is 18.2 Å². The van der Waals surface area contributed by atoms with Crippen LogP contribution < -0.4 is 5.32 Å². The molecule has 0 aliphatic carbocycles. The number of benzene rings is 2. The molecule has 0 fully saturated rings. The predicted octanol–water partition coefficient (Wildman–Crippen LogP) is 4.66. The number of hydrogen-bond donors (Lipinski definition) is 1. The quantitative estimate of drug-likeness (QED) is 0.435. The van der Waals surface area contributed by atoms with Gasteiger partial charge in [0.25, 0.3) is 11.8 Å². The van der Waals surface area contributed by atoms with Gasteiger partial charge < -0.3 is 4.42 Å². The van der Waals surface area contributed by atoms with E-state index in [1.807, 2.05) is 0 Å². The lowest BCUT2D eigenvalue weighted by atomic mass is 10.2. The van der Waals surface area contributed by atoms with Crippen molar-refractivity contribution in [3.05, 3.63) is 83.4 Å². The minimum Gasteiger partial charge on any atom is -0.403 e. The number of anilines is 1. The number of sulfonamides is 1. The Kier molecular flexibility index (Phi) is 7.47. The number of aromatic nitrogens is 2. The molecule has 0 radical (unpaired) electrons. The summed E-state index contributed by atoms with van der Waals surface area (Å²) in [7, 11) is -3.77. The van der Waals surface area contributed by atoms with Gasteiger partial charge in [-0.05, 0) is 42.5 Å². The summed E-state index contributed by atoms with van der Waals surface area (Å²) in [6.07, 6.45) is 2.97. The molecule has 11 heteroatoms. The molecular weight excluding hydrogens is 475 g/mol. The molecule has 0 spiro atoms. The highest BCUT2D eigenvalue weighted by Gasteiger charge is 2.23. The van der Waals surface area contributed by atoms with Gasteiger partial charge in [0, 0.05) is 23.7 Å². The van der Waals surface area contributed by atoms with Crippen molar-refractivity contribution in [2.75, 3.05) is 18.4 Å². The molecule has 1 N–H and O–H groups in total. The normalized spacial score (nSPS) is 11.3. The highest BCUT2D eigenvalue weighted by atomic mass is 35.5. The molecule has 2 aromatic carbocycles. The zero-order valence-electron chi connectivity index (χ0n) is 16.7. The zero-order valence-corrected chi connectivity index (χ0v) is 19.0. The highest BCUT2D eigenvalue weighted by Crippen LogP contribution is 2.30. The van der Waals surface area contributed by atoms with Crippen molar-refractivity contribution < 1.29 is 17.6 Å². The van der Waals surface area contributed by atoms with Gasteiger partial charge in [-0.1, -0.05) is 40.5 Å². The van der Waals surface area contributed by atoms with E-state index in [0.717, 1.165) is 0 Å². The van der Waals surface area contributed by atoms with Crippen molar-refractivity contribution in [2.24, 2.45) is 0 Å². The largest absolute Gasteiger partial charge is 0.403 e. The number of carbonyl (C=O) groups excluding carboxylic acids is 1. The molecule has 1 aromatic heterocycles. The van der Waals surface area contributed by atoms with Gasteiger partial charge in [-0.3, -0.25) is 10.1 Å². The summed E-state index contributed by atoms with van der Waals surface area (Å²) in [6.45, 7) is 7.40. The number of carbonyl (C=O) groups is 1. The van der Waals surface area contributed by atoms with E-state index < -0.39 is 15.9 Å². The minimum absolute atomic E-state index is 0.0356. The van der Waals surface area contributed by atoms with Gasteiger partial charge in [0.15, 0.2) is 0 Å². The highest BCUT2D eigenvalue weighted by molar-refractivity contribution is 7.89. The third-order valence-corrected chi connectivity index (χ3v) is 6.63. The molecule has 0 saturated heterocycles. The molecule has 0 aliphatic heterocycles. The lowest BCUT2D eigenvalue weighted by molar-refractivity contribution is 0.102. The molecule has 0 bridgehead atoms. The molecule has 166 valence electrons. The number of nitrogens with one attached hydrogen (secondary N) is 1. The topological polar surface area (TPSA) is 105 Å². The summed E-state index contributed by atoms with van der Waals surface area (Å²) in [5.74, 6) is -0.478. The lowest BCUT2D eigenvalue weighted by Gasteiger charge is -2.19. The second-order valence-corrected chi connectivity index (χ2v) is 9.20. The van der Waals surface area contributed by atoms with Gasteiger partial charge in [0.2, 0.25) is 10.0 Å². The Balaban J connectivity index is 1.76. The molecule has 0 aliphatic rings. The number of hydrogen-bond acceptors (Lipinski definition) is 6. The van der Waals surface area contributed by atoms with Crippen molar-refractivity contribution in [1.29, 1.82) is 0 Å². The van der Waals surface area contributed by atoms with Crippen LogP contribution in [0.15, 0.2) is 77.1 Å². The van der Waals surface area contributed by atoms with E-state index in [1.165, 1.54) is 40.7 Å². The first-order valence-electron chi connectivity index (χ1n) is 9.18. The average Bonchev–Trinajstić information content (AvgIpc) is 3.23. The van der Waals surface area contributed by atoms with Crippen LogP contribution in [0.5, 0.6) is 0 Å². The Morgan fingerprint density at radius 2 is 1.72 bits per heavy atom. The summed E-state index contributed by atoms with van der Waals surface area (Å²) in [5.41, 5.74) is 0.619. The summed E-state index contributed by atoms with van der Waals surface area (Å²) < 4.78 is 32.2. The van der Waals surface area contributed by atoms with Crippen LogP contribution >= 0.6 is 23.2 Å². The van der Waals surface area contributed by atoms with E-state index in [2.05, 4.69) is 28.7 Å². The molecule has 1 heterocycles. The van der Waals surface area contributed by atoms with Gasteiger partial charge in [-0.25, -0.2) is 8.42 Å². The fourth-order valence-corrected chi connectivity index (χ4v) is 4.45. The van der Waals surface area contributed by atoms with Crippen LogP contribution in [0.4, 0.5) is 6.01 Å². The van der Waals surface area contributed by atoms with E-state index in [-0.39, 0.29) is 35.5 Å². The maximum absolute atomic E-state index is 12.7. The average molecular weight is 493 g/mol. The first-order chi connectivity index (χ1) is 15.3. The van der Waals surface area contributed by atoms with E-state index in [9.17, 15) is 13.2 Å². The van der Waals surface area contributed by atoms with Crippen LogP contribution in [0.1, 0.15) is 10.4 Å². The van der Waals surface area contributed by atoms with Crippen LogP contribution in [0.3, 0.4) is 0 Å². The molecule has 0 atom stereocenters. The van der Waals surface area contributed by atoms with Crippen molar-refractivity contribution in [3.63, 3.8) is 0 Å². The van der Waals surface area contributed by atoms with Crippen molar-refractivity contribution in [2.45, 2.75) is 4.90 Å². The SMILES string of the molecule is C=CCN(CC=C)S(=O)(=O)c1ccc(C(=O)Nc2nnc(-c3cc(Cl)ccc3Cl)o2)cc1. The second-order valence-electron chi connectivity index (χ2n) is 6.41. The van der Waals surface area contributed by atoms with Crippen LogP contribution in [0.2, 0.25) is 10.0 Å². The van der Waals surface area contributed by atoms with Crippen LogP contribution in [-0.4, -0.2) is 41.9 Å². The van der Waals surface area contributed by atoms with Gasteiger partial charge >= 0.3 is 6.01 Å². The first-order valence-corrected chi connectivity index (χ1v) is 11.4. The Morgan fingerprint density at radius 3 is 2.34 bits per heavy atom. The minimum atomic E-state index is -3.77.